The second-order valence-electron chi connectivity index (χ2n) is 11.7. The predicted molar refractivity (Wildman–Crippen MR) is 180 cm³/mol. The molecule has 4 rings (SSSR count). The first-order valence-corrected chi connectivity index (χ1v) is 16.1. The molecule has 0 aliphatic rings. The normalized spacial score (nSPS) is 13.1. The van der Waals surface area contributed by atoms with Crippen LogP contribution in [0, 0.1) is 5.92 Å². The standard InChI is InChI=1S/C39H46N2O4/c1-4-28(3)37(41-36(42)26-34(30-18-11-7-12-19-30)31-20-13-8-14-21-31)39(44)40-33(5-2)25-24-32-22-15-23-35(38(32)43)45-27-29-16-9-6-10-17-29/h6-23,28,33-34,37,43H,4-5,24-27H2,1-3H3,(H,40,44)(H,41,42)/t28?,33?,37-/m0/s1. The minimum Gasteiger partial charge on any atom is -0.504 e. The van der Waals surface area contributed by atoms with Crippen LogP contribution in [0.1, 0.15) is 74.6 Å². The van der Waals surface area contributed by atoms with Gasteiger partial charge >= 0.3 is 0 Å². The van der Waals surface area contributed by atoms with E-state index in [1.807, 2.05) is 124 Å². The van der Waals surface area contributed by atoms with Crippen molar-refractivity contribution in [1.29, 1.82) is 0 Å². The van der Waals surface area contributed by atoms with E-state index < -0.39 is 6.04 Å². The van der Waals surface area contributed by atoms with Crippen LogP contribution < -0.4 is 15.4 Å². The summed E-state index contributed by atoms with van der Waals surface area (Å²) in [6.45, 7) is 6.42. The van der Waals surface area contributed by atoms with Crippen LogP contribution in [0.3, 0.4) is 0 Å². The van der Waals surface area contributed by atoms with Crippen LogP contribution in [-0.2, 0) is 22.6 Å². The van der Waals surface area contributed by atoms with Crippen LogP contribution in [0.15, 0.2) is 109 Å². The van der Waals surface area contributed by atoms with Gasteiger partial charge in [0.2, 0.25) is 11.8 Å². The van der Waals surface area contributed by atoms with Crippen molar-refractivity contribution in [2.24, 2.45) is 5.92 Å². The molecule has 0 radical (unpaired) electrons. The highest BCUT2D eigenvalue weighted by molar-refractivity contribution is 5.88. The summed E-state index contributed by atoms with van der Waals surface area (Å²) in [6.07, 6.45) is 2.93. The topological polar surface area (TPSA) is 87.7 Å². The van der Waals surface area contributed by atoms with Crippen molar-refractivity contribution >= 4 is 11.8 Å². The molecule has 0 aliphatic heterocycles. The Hall–Kier alpha value is -4.58. The molecule has 2 amide bonds. The van der Waals surface area contributed by atoms with Gasteiger partial charge in [-0.3, -0.25) is 9.59 Å². The number of phenolic OH excluding ortho intramolecular Hbond substituents is 1. The van der Waals surface area contributed by atoms with E-state index in [1.54, 1.807) is 6.07 Å². The third-order valence-corrected chi connectivity index (χ3v) is 8.53. The molecule has 0 fully saturated rings. The van der Waals surface area contributed by atoms with Crippen LogP contribution >= 0.6 is 0 Å². The van der Waals surface area contributed by atoms with Crippen molar-refractivity contribution in [3.05, 3.63) is 131 Å². The van der Waals surface area contributed by atoms with E-state index in [0.717, 1.165) is 35.1 Å². The van der Waals surface area contributed by atoms with Gasteiger partial charge in [-0.1, -0.05) is 130 Å². The summed E-state index contributed by atoms with van der Waals surface area (Å²) in [5.74, 6) is 0.0866. The summed E-state index contributed by atoms with van der Waals surface area (Å²) in [5.41, 5.74) is 3.92. The van der Waals surface area contributed by atoms with E-state index >= 15 is 0 Å². The van der Waals surface area contributed by atoms with Crippen LogP contribution in [0.5, 0.6) is 11.5 Å². The maximum absolute atomic E-state index is 13.6. The van der Waals surface area contributed by atoms with Crippen molar-refractivity contribution in [1.82, 2.24) is 10.6 Å². The van der Waals surface area contributed by atoms with Gasteiger partial charge < -0.3 is 20.5 Å². The van der Waals surface area contributed by atoms with E-state index in [0.29, 0.717) is 25.2 Å². The SMILES string of the molecule is CCC(CCc1cccc(OCc2ccccc2)c1O)NC(=O)[C@@H](NC(=O)CC(c1ccccc1)c1ccccc1)C(C)CC. The molecule has 45 heavy (non-hydrogen) atoms. The van der Waals surface area contributed by atoms with Gasteiger partial charge in [0, 0.05) is 18.4 Å². The number of benzene rings is 4. The van der Waals surface area contributed by atoms with E-state index in [-0.39, 0.29) is 41.9 Å². The molecule has 3 N–H and O–H groups in total. The largest absolute Gasteiger partial charge is 0.504 e. The lowest BCUT2D eigenvalue weighted by Gasteiger charge is -2.27. The van der Waals surface area contributed by atoms with Gasteiger partial charge in [0.1, 0.15) is 12.6 Å². The molecule has 0 spiro atoms. The summed E-state index contributed by atoms with van der Waals surface area (Å²) >= 11 is 0. The first-order valence-electron chi connectivity index (χ1n) is 16.1. The van der Waals surface area contributed by atoms with E-state index in [4.69, 9.17) is 4.74 Å². The van der Waals surface area contributed by atoms with Crippen molar-refractivity contribution in [2.75, 3.05) is 0 Å². The van der Waals surface area contributed by atoms with Crippen LogP contribution in [-0.4, -0.2) is 29.0 Å². The molecule has 236 valence electrons. The fraction of sp³-hybridized carbons (Fsp3) is 0.333. The number of carbonyl (C=O) groups excluding carboxylic acids is 2. The monoisotopic (exact) mass is 606 g/mol. The number of aryl methyl sites for hydroxylation is 1. The lowest BCUT2D eigenvalue weighted by atomic mass is 9.88. The van der Waals surface area contributed by atoms with E-state index in [2.05, 4.69) is 10.6 Å². The Morgan fingerprint density at radius 1 is 0.756 bits per heavy atom. The molecule has 3 atom stereocenters. The average Bonchev–Trinajstić information content (AvgIpc) is 3.08. The van der Waals surface area contributed by atoms with Gasteiger partial charge in [0.15, 0.2) is 11.5 Å². The maximum atomic E-state index is 13.6. The highest BCUT2D eigenvalue weighted by atomic mass is 16.5. The Balaban J connectivity index is 1.38. The quantitative estimate of drug-likeness (QED) is 0.123. The Morgan fingerprint density at radius 2 is 1.36 bits per heavy atom. The molecule has 2 unspecified atom stereocenters. The van der Waals surface area contributed by atoms with Crippen molar-refractivity contribution in [3.63, 3.8) is 0 Å². The Bertz CT molecular complexity index is 1440. The molecule has 4 aromatic carbocycles. The molecule has 0 aromatic heterocycles. The molecular weight excluding hydrogens is 560 g/mol. The molecular formula is C39H46N2O4. The maximum Gasteiger partial charge on any atom is 0.243 e. The number of hydrogen-bond acceptors (Lipinski definition) is 4. The average molecular weight is 607 g/mol. The van der Waals surface area contributed by atoms with Gasteiger partial charge in [-0.05, 0) is 53.5 Å². The summed E-state index contributed by atoms with van der Waals surface area (Å²) in [6, 6.07) is 34.6. The van der Waals surface area contributed by atoms with Gasteiger partial charge in [-0.2, -0.15) is 0 Å². The number of carbonyl (C=O) groups is 2. The second kappa shape index (κ2) is 17.0. The summed E-state index contributed by atoms with van der Waals surface area (Å²) < 4.78 is 5.89. The minimum atomic E-state index is -0.646. The molecule has 6 heteroatoms. The Kier molecular flexibility index (Phi) is 12.6. The number of rotatable bonds is 16. The zero-order valence-corrected chi connectivity index (χ0v) is 26.6. The molecule has 0 saturated heterocycles. The van der Waals surface area contributed by atoms with Gasteiger partial charge in [0.25, 0.3) is 0 Å². The van der Waals surface area contributed by atoms with Crippen LogP contribution in [0.4, 0.5) is 0 Å². The zero-order chi connectivity index (χ0) is 32.0. The second-order valence-corrected chi connectivity index (χ2v) is 11.7. The van der Waals surface area contributed by atoms with Crippen molar-refractivity contribution in [3.8, 4) is 11.5 Å². The smallest absolute Gasteiger partial charge is 0.243 e. The predicted octanol–water partition coefficient (Wildman–Crippen LogP) is 7.55. The van der Waals surface area contributed by atoms with Crippen LogP contribution in [0.2, 0.25) is 0 Å². The Morgan fingerprint density at radius 3 is 1.93 bits per heavy atom. The van der Waals surface area contributed by atoms with Gasteiger partial charge in [0.05, 0.1) is 0 Å². The number of phenols is 1. The highest BCUT2D eigenvalue weighted by Gasteiger charge is 2.29. The number of aromatic hydroxyl groups is 1. The number of hydrogen-bond donors (Lipinski definition) is 3. The summed E-state index contributed by atoms with van der Waals surface area (Å²) in [5, 5.41) is 17.2. The molecule has 0 aliphatic carbocycles. The number of nitrogens with one attached hydrogen (secondary N) is 2. The molecule has 4 aromatic rings. The van der Waals surface area contributed by atoms with Crippen molar-refractivity contribution in [2.45, 2.75) is 77.5 Å². The van der Waals surface area contributed by atoms with Gasteiger partial charge in [-0.25, -0.2) is 0 Å². The molecule has 0 bridgehead atoms. The first kappa shape index (κ1) is 33.3. The van der Waals surface area contributed by atoms with E-state index in [9.17, 15) is 14.7 Å². The lowest BCUT2D eigenvalue weighted by molar-refractivity contribution is -0.130. The Labute approximate surface area is 267 Å². The number of amides is 2. The fourth-order valence-corrected chi connectivity index (χ4v) is 5.54. The lowest BCUT2D eigenvalue weighted by Crippen LogP contribution is -2.52. The van der Waals surface area contributed by atoms with Crippen molar-refractivity contribution < 1.29 is 19.4 Å². The number of para-hydroxylation sites is 1. The van der Waals surface area contributed by atoms with Crippen LogP contribution in [0.25, 0.3) is 0 Å². The first-order chi connectivity index (χ1) is 21.9. The van der Waals surface area contributed by atoms with E-state index in [1.165, 1.54) is 0 Å². The van der Waals surface area contributed by atoms with Gasteiger partial charge in [-0.15, -0.1) is 0 Å². The summed E-state index contributed by atoms with van der Waals surface area (Å²) in [4.78, 5) is 27.1. The zero-order valence-electron chi connectivity index (χ0n) is 26.6. The fourth-order valence-electron chi connectivity index (χ4n) is 5.54. The number of ether oxygens (including phenoxy) is 1. The molecule has 6 nitrogen and oxygen atoms in total. The molecule has 0 saturated carbocycles. The summed E-state index contributed by atoms with van der Waals surface area (Å²) in [7, 11) is 0. The minimum absolute atomic E-state index is 0.0409. The third-order valence-electron chi connectivity index (χ3n) is 8.53. The molecule has 0 heterocycles. The third kappa shape index (κ3) is 9.70. The highest BCUT2D eigenvalue weighted by Crippen LogP contribution is 2.32.